The number of carbonyl (C=O) groups is 1. The summed E-state index contributed by atoms with van der Waals surface area (Å²) in [6.07, 6.45) is 2.74. The third-order valence-electron chi connectivity index (χ3n) is 4.96. The molecular weight excluding hydrogens is 408 g/mol. The molecule has 2 heterocycles. The number of urea groups is 1. The molecule has 1 saturated heterocycles. The van der Waals surface area contributed by atoms with Gasteiger partial charge in [-0.05, 0) is 56.8 Å². The highest BCUT2D eigenvalue weighted by Crippen LogP contribution is 2.26. The largest absolute Gasteiger partial charge is 0.468 e. The molecule has 2 amide bonds. The van der Waals surface area contributed by atoms with Crippen LogP contribution in [-0.2, 0) is 0 Å². The zero-order chi connectivity index (χ0) is 19.2. The van der Waals surface area contributed by atoms with Gasteiger partial charge in [-0.2, -0.15) is 0 Å². The molecule has 27 heavy (non-hydrogen) atoms. The Balaban J connectivity index is 1.42. The van der Waals surface area contributed by atoms with Crippen LogP contribution >= 0.6 is 15.9 Å². The van der Waals surface area contributed by atoms with Crippen LogP contribution in [0.4, 0.5) is 10.5 Å². The first kappa shape index (κ1) is 19.8. The maximum Gasteiger partial charge on any atom is 0.314 e. The van der Waals surface area contributed by atoms with E-state index in [-0.39, 0.29) is 12.1 Å². The molecule has 1 aliphatic heterocycles. The maximum atomic E-state index is 12.2. The van der Waals surface area contributed by atoms with E-state index in [9.17, 15) is 4.79 Å². The normalized spacial score (nSPS) is 17.9. The van der Waals surface area contributed by atoms with Crippen molar-refractivity contribution < 1.29 is 9.21 Å². The zero-order valence-corrected chi connectivity index (χ0v) is 17.4. The van der Waals surface area contributed by atoms with Gasteiger partial charge in [-0.1, -0.05) is 22.0 Å². The number of halogens is 1. The summed E-state index contributed by atoms with van der Waals surface area (Å²) in [5, 5.41) is 5.97. The first-order valence-electron chi connectivity index (χ1n) is 9.25. The van der Waals surface area contributed by atoms with Gasteiger partial charge in [-0.25, -0.2) is 4.79 Å². The van der Waals surface area contributed by atoms with Gasteiger partial charge < -0.3 is 20.0 Å². The van der Waals surface area contributed by atoms with Crippen LogP contribution in [0.2, 0.25) is 0 Å². The number of hydrogen-bond acceptors (Lipinski definition) is 4. The molecule has 1 fully saturated rings. The lowest BCUT2D eigenvalue weighted by atomic mass is 10.1. The highest BCUT2D eigenvalue weighted by atomic mass is 79.9. The fourth-order valence-corrected chi connectivity index (χ4v) is 3.80. The number of furan rings is 1. The lowest BCUT2D eigenvalue weighted by Crippen LogP contribution is -2.42. The number of carbonyl (C=O) groups excluding carboxylic acids is 1. The molecule has 2 unspecified atom stereocenters. The predicted octanol–water partition coefficient (Wildman–Crippen LogP) is 3.47. The van der Waals surface area contributed by atoms with Gasteiger partial charge in [0, 0.05) is 36.3 Å². The van der Waals surface area contributed by atoms with E-state index in [1.165, 1.54) is 5.69 Å². The predicted molar refractivity (Wildman–Crippen MR) is 111 cm³/mol. The standard InChI is InChI=1S/C20H27BrN4O2/c1-24(2)18(19-7-4-10-27-19)13-23-20(26)22-12-15-8-9-25(14-15)17-6-3-5-16(21)11-17/h3-7,10-11,15,18H,8-9,12-14H2,1-2H3,(H2,22,23,26). The van der Waals surface area contributed by atoms with Crippen molar-refractivity contribution >= 4 is 27.6 Å². The summed E-state index contributed by atoms with van der Waals surface area (Å²) < 4.78 is 6.56. The fraction of sp³-hybridized carbons (Fsp3) is 0.450. The summed E-state index contributed by atoms with van der Waals surface area (Å²) in [7, 11) is 3.95. The van der Waals surface area contributed by atoms with Gasteiger partial charge in [0.2, 0.25) is 0 Å². The van der Waals surface area contributed by atoms with E-state index in [4.69, 9.17) is 4.42 Å². The molecule has 0 spiro atoms. The summed E-state index contributed by atoms with van der Waals surface area (Å²) in [6.45, 7) is 3.17. The summed E-state index contributed by atoms with van der Waals surface area (Å²) in [5.74, 6) is 1.31. The lowest BCUT2D eigenvalue weighted by molar-refractivity contribution is 0.224. The number of anilines is 1. The number of benzene rings is 1. The van der Waals surface area contributed by atoms with Crippen molar-refractivity contribution in [2.24, 2.45) is 5.92 Å². The number of rotatable bonds is 7. The van der Waals surface area contributed by atoms with Crippen molar-refractivity contribution in [2.45, 2.75) is 12.5 Å². The Morgan fingerprint density at radius 2 is 2.19 bits per heavy atom. The van der Waals surface area contributed by atoms with Crippen molar-refractivity contribution in [3.8, 4) is 0 Å². The molecule has 7 heteroatoms. The fourth-order valence-electron chi connectivity index (χ4n) is 3.41. The topological polar surface area (TPSA) is 60.8 Å². The minimum atomic E-state index is -0.130. The van der Waals surface area contributed by atoms with Crippen LogP contribution in [0.3, 0.4) is 0 Å². The molecule has 0 radical (unpaired) electrons. The third-order valence-corrected chi connectivity index (χ3v) is 5.45. The minimum absolute atomic E-state index is 0.0178. The van der Waals surface area contributed by atoms with Gasteiger partial charge in [0.15, 0.2) is 0 Å². The van der Waals surface area contributed by atoms with Crippen LogP contribution in [0, 0.1) is 5.92 Å². The van der Waals surface area contributed by atoms with Crippen LogP contribution < -0.4 is 15.5 Å². The SMILES string of the molecule is CN(C)C(CNC(=O)NCC1CCN(c2cccc(Br)c2)C1)c1ccco1. The summed E-state index contributed by atoms with van der Waals surface area (Å²) in [4.78, 5) is 16.6. The molecule has 6 nitrogen and oxygen atoms in total. The van der Waals surface area contributed by atoms with Gasteiger partial charge in [0.05, 0.1) is 12.3 Å². The maximum absolute atomic E-state index is 12.2. The molecule has 0 bridgehead atoms. The lowest BCUT2D eigenvalue weighted by Gasteiger charge is -2.23. The van der Waals surface area contributed by atoms with E-state index in [1.807, 2.05) is 37.2 Å². The Hall–Kier alpha value is -1.99. The number of hydrogen-bond donors (Lipinski definition) is 2. The molecule has 1 aliphatic rings. The number of nitrogens with one attached hydrogen (secondary N) is 2. The summed E-state index contributed by atoms with van der Waals surface area (Å²) in [6, 6.07) is 12.0. The Morgan fingerprint density at radius 1 is 1.33 bits per heavy atom. The van der Waals surface area contributed by atoms with Gasteiger partial charge >= 0.3 is 6.03 Å². The van der Waals surface area contributed by atoms with Gasteiger partial charge in [0.1, 0.15) is 5.76 Å². The Bertz CT molecular complexity index is 735. The quantitative estimate of drug-likeness (QED) is 0.700. The zero-order valence-electron chi connectivity index (χ0n) is 15.8. The van der Waals surface area contributed by atoms with Crippen LogP contribution in [0.15, 0.2) is 51.6 Å². The molecule has 1 aromatic heterocycles. The van der Waals surface area contributed by atoms with E-state index in [0.29, 0.717) is 19.0 Å². The molecule has 2 aromatic rings. The highest BCUT2D eigenvalue weighted by Gasteiger charge is 2.23. The minimum Gasteiger partial charge on any atom is -0.468 e. The second kappa shape index (κ2) is 9.28. The van der Waals surface area contributed by atoms with Crippen molar-refractivity contribution in [3.05, 3.63) is 52.9 Å². The number of amides is 2. The van der Waals surface area contributed by atoms with E-state index in [1.54, 1.807) is 6.26 Å². The van der Waals surface area contributed by atoms with Crippen LogP contribution in [0.1, 0.15) is 18.2 Å². The van der Waals surface area contributed by atoms with Crippen LogP contribution in [0.5, 0.6) is 0 Å². The van der Waals surface area contributed by atoms with E-state index >= 15 is 0 Å². The molecule has 0 aliphatic carbocycles. The van der Waals surface area contributed by atoms with Gasteiger partial charge in [-0.15, -0.1) is 0 Å². The third kappa shape index (κ3) is 5.49. The first-order chi connectivity index (χ1) is 13.0. The molecule has 146 valence electrons. The Kier molecular flexibility index (Phi) is 6.79. The van der Waals surface area contributed by atoms with Crippen molar-refractivity contribution in [1.82, 2.24) is 15.5 Å². The molecule has 0 saturated carbocycles. The van der Waals surface area contributed by atoms with E-state index in [0.717, 1.165) is 29.7 Å². The average molecular weight is 435 g/mol. The smallest absolute Gasteiger partial charge is 0.314 e. The number of nitrogens with zero attached hydrogens (tertiary/aromatic N) is 2. The van der Waals surface area contributed by atoms with E-state index in [2.05, 4.69) is 49.7 Å². The second-order valence-electron chi connectivity index (χ2n) is 7.17. The van der Waals surface area contributed by atoms with Crippen molar-refractivity contribution in [3.63, 3.8) is 0 Å². The highest BCUT2D eigenvalue weighted by molar-refractivity contribution is 9.10. The monoisotopic (exact) mass is 434 g/mol. The second-order valence-corrected chi connectivity index (χ2v) is 8.08. The Morgan fingerprint density at radius 3 is 2.89 bits per heavy atom. The van der Waals surface area contributed by atoms with Gasteiger partial charge in [0.25, 0.3) is 0 Å². The van der Waals surface area contributed by atoms with Crippen LogP contribution in [-0.4, -0.2) is 51.2 Å². The van der Waals surface area contributed by atoms with Crippen LogP contribution in [0.25, 0.3) is 0 Å². The average Bonchev–Trinajstić information content (AvgIpc) is 3.32. The molecule has 2 N–H and O–H groups in total. The summed E-state index contributed by atoms with van der Waals surface area (Å²) >= 11 is 3.53. The summed E-state index contributed by atoms with van der Waals surface area (Å²) in [5.41, 5.74) is 1.23. The molecule has 2 atom stereocenters. The molecule has 1 aromatic carbocycles. The van der Waals surface area contributed by atoms with Gasteiger partial charge in [-0.3, -0.25) is 4.90 Å². The van der Waals surface area contributed by atoms with Crippen molar-refractivity contribution in [2.75, 3.05) is 45.2 Å². The number of likely N-dealkylation sites (N-methyl/N-ethyl adjacent to an activating group) is 1. The first-order valence-corrected chi connectivity index (χ1v) is 10.0. The van der Waals surface area contributed by atoms with Crippen molar-refractivity contribution in [1.29, 1.82) is 0 Å². The molecule has 3 rings (SSSR count). The molecular formula is C20H27BrN4O2. The Labute approximate surface area is 169 Å². The van der Waals surface area contributed by atoms with E-state index < -0.39 is 0 Å².